The Morgan fingerprint density at radius 2 is 2.07 bits per heavy atom. The molecular weight excluding hydrogens is 398 g/mol. The predicted molar refractivity (Wildman–Crippen MR) is 114 cm³/mol. The van der Waals surface area contributed by atoms with Crippen LogP contribution in [0, 0.1) is 0 Å². The van der Waals surface area contributed by atoms with Gasteiger partial charge < -0.3 is 11.5 Å². The SMILES string of the molecule is CCc1nc2cccc(Cl)c2c(=O)n1CCCN.Nc1ncnc2scnc12. The van der Waals surface area contributed by atoms with Gasteiger partial charge in [0.05, 0.1) is 21.4 Å². The molecule has 0 spiro atoms. The van der Waals surface area contributed by atoms with Gasteiger partial charge in [-0.05, 0) is 25.1 Å². The van der Waals surface area contributed by atoms with Gasteiger partial charge in [-0.25, -0.2) is 19.9 Å². The molecule has 146 valence electrons. The second-order valence-electron chi connectivity index (χ2n) is 5.88. The molecule has 0 aliphatic carbocycles. The quantitative estimate of drug-likeness (QED) is 0.522. The van der Waals surface area contributed by atoms with Crippen LogP contribution in [0.3, 0.4) is 0 Å². The Labute approximate surface area is 170 Å². The third kappa shape index (κ3) is 4.11. The lowest BCUT2D eigenvalue weighted by molar-refractivity contribution is 0.593. The minimum atomic E-state index is -0.0732. The topological polar surface area (TPSA) is 126 Å². The third-order valence-corrected chi connectivity index (χ3v) is 5.12. The van der Waals surface area contributed by atoms with Crippen molar-refractivity contribution in [2.45, 2.75) is 26.3 Å². The number of nitrogen functional groups attached to an aromatic ring is 1. The van der Waals surface area contributed by atoms with Gasteiger partial charge in [0.2, 0.25) is 0 Å². The molecular formula is C18H20ClN7OS. The molecule has 0 unspecified atom stereocenters. The Balaban J connectivity index is 0.000000188. The molecule has 3 heterocycles. The molecule has 10 heteroatoms. The summed E-state index contributed by atoms with van der Waals surface area (Å²) in [5.41, 5.74) is 14.0. The van der Waals surface area contributed by atoms with Crippen LogP contribution in [0.4, 0.5) is 5.82 Å². The van der Waals surface area contributed by atoms with E-state index in [9.17, 15) is 4.79 Å². The zero-order valence-corrected chi connectivity index (χ0v) is 16.9. The highest BCUT2D eigenvalue weighted by Gasteiger charge is 2.11. The number of halogens is 1. The number of hydrogen-bond donors (Lipinski definition) is 2. The van der Waals surface area contributed by atoms with Crippen LogP contribution in [-0.4, -0.2) is 31.0 Å². The number of anilines is 1. The minimum absolute atomic E-state index is 0.0732. The van der Waals surface area contributed by atoms with Crippen molar-refractivity contribution < 1.29 is 0 Å². The van der Waals surface area contributed by atoms with Gasteiger partial charge in [-0.2, -0.15) is 0 Å². The van der Waals surface area contributed by atoms with E-state index in [1.165, 1.54) is 17.7 Å². The van der Waals surface area contributed by atoms with Gasteiger partial charge >= 0.3 is 0 Å². The maximum Gasteiger partial charge on any atom is 0.262 e. The number of nitrogens with zero attached hydrogens (tertiary/aromatic N) is 5. The first-order valence-corrected chi connectivity index (χ1v) is 10.00. The zero-order chi connectivity index (χ0) is 20.1. The molecule has 0 aliphatic heterocycles. The molecule has 0 bridgehead atoms. The van der Waals surface area contributed by atoms with E-state index in [4.69, 9.17) is 23.1 Å². The van der Waals surface area contributed by atoms with Crippen LogP contribution in [0.15, 0.2) is 34.8 Å². The van der Waals surface area contributed by atoms with Crippen molar-refractivity contribution >= 4 is 50.0 Å². The average molecular weight is 418 g/mol. The Morgan fingerprint density at radius 1 is 1.25 bits per heavy atom. The molecule has 8 nitrogen and oxygen atoms in total. The highest BCUT2D eigenvalue weighted by atomic mass is 35.5. The second kappa shape index (κ2) is 9.05. The van der Waals surface area contributed by atoms with Crippen LogP contribution in [0.2, 0.25) is 5.02 Å². The largest absolute Gasteiger partial charge is 0.382 e. The van der Waals surface area contributed by atoms with E-state index in [1.54, 1.807) is 22.2 Å². The van der Waals surface area contributed by atoms with Gasteiger partial charge in [-0.15, -0.1) is 11.3 Å². The van der Waals surface area contributed by atoms with Gasteiger partial charge in [0.15, 0.2) is 5.82 Å². The fourth-order valence-corrected chi connectivity index (χ4v) is 3.62. The molecule has 4 aromatic rings. The summed E-state index contributed by atoms with van der Waals surface area (Å²) in [6.45, 7) is 3.12. The first-order valence-electron chi connectivity index (χ1n) is 8.74. The van der Waals surface area contributed by atoms with Gasteiger partial charge in [0.1, 0.15) is 22.5 Å². The number of rotatable bonds is 4. The molecule has 0 atom stereocenters. The molecule has 0 radical (unpaired) electrons. The maximum atomic E-state index is 12.4. The molecule has 4 rings (SSSR count). The van der Waals surface area contributed by atoms with Gasteiger partial charge in [0.25, 0.3) is 5.56 Å². The maximum absolute atomic E-state index is 12.4. The van der Waals surface area contributed by atoms with Crippen molar-refractivity contribution in [1.82, 2.24) is 24.5 Å². The molecule has 4 N–H and O–H groups in total. The summed E-state index contributed by atoms with van der Waals surface area (Å²) < 4.78 is 1.68. The number of hydrogen-bond acceptors (Lipinski definition) is 8. The number of benzene rings is 1. The fraction of sp³-hybridized carbons (Fsp3) is 0.278. The first-order chi connectivity index (χ1) is 13.6. The Morgan fingerprint density at radius 3 is 2.79 bits per heavy atom. The van der Waals surface area contributed by atoms with Crippen molar-refractivity contribution in [2.75, 3.05) is 12.3 Å². The van der Waals surface area contributed by atoms with Gasteiger partial charge in [-0.3, -0.25) is 9.36 Å². The molecule has 28 heavy (non-hydrogen) atoms. The van der Waals surface area contributed by atoms with Crippen LogP contribution < -0.4 is 17.0 Å². The summed E-state index contributed by atoms with van der Waals surface area (Å²) in [6.07, 6.45) is 2.91. The monoisotopic (exact) mass is 417 g/mol. The summed E-state index contributed by atoms with van der Waals surface area (Å²) in [4.78, 5) is 29.5. The summed E-state index contributed by atoms with van der Waals surface area (Å²) >= 11 is 7.55. The zero-order valence-electron chi connectivity index (χ0n) is 15.3. The lowest BCUT2D eigenvalue weighted by Gasteiger charge is -2.12. The van der Waals surface area contributed by atoms with Crippen molar-refractivity contribution in [3.05, 3.63) is 51.2 Å². The van der Waals surface area contributed by atoms with E-state index in [-0.39, 0.29) is 5.56 Å². The number of aryl methyl sites for hydroxylation is 1. The summed E-state index contributed by atoms with van der Waals surface area (Å²) in [5.74, 6) is 1.23. The molecule has 0 fully saturated rings. The van der Waals surface area contributed by atoms with E-state index < -0.39 is 0 Å². The van der Waals surface area contributed by atoms with Gasteiger partial charge in [0, 0.05) is 13.0 Å². The van der Waals surface area contributed by atoms with Crippen LogP contribution in [0.25, 0.3) is 21.3 Å². The highest BCUT2D eigenvalue weighted by molar-refractivity contribution is 7.16. The molecule has 3 aromatic heterocycles. The van der Waals surface area contributed by atoms with Crippen LogP contribution >= 0.6 is 22.9 Å². The second-order valence-corrected chi connectivity index (χ2v) is 7.12. The Bertz CT molecular complexity index is 1160. The van der Waals surface area contributed by atoms with E-state index >= 15 is 0 Å². The molecule has 0 amide bonds. The highest BCUT2D eigenvalue weighted by Crippen LogP contribution is 2.19. The lowest BCUT2D eigenvalue weighted by atomic mass is 10.2. The first kappa shape index (κ1) is 20.1. The van der Waals surface area contributed by atoms with Crippen molar-refractivity contribution in [3.63, 3.8) is 0 Å². The normalized spacial score (nSPS) is 10.8. The predicted octanol–water partition coefficient (Wildman–Crippen LogP) is 2.63. The van der Waals surface area contributed by atoms with Gasteiger partial charge in [-0.1, -0.05) is 24.6 Å². The Kier molecular flexibility index (Phi) is 6.50. The summed E-state index contributed by atoms with van der Waals surface area (Å²) in [5, 5.41) is 0.947. The fourth-order valence-electron chi connectivity index (χ4n) is 2.73. The lowest BCUT2D eigenvalue weighted by Crippen LogP contribution is -2.26. The number of nitrogens with two attached hydrogens (primary N) is 2. The third-order valence-electron chi connectivity index (χ3n) is 4.08. The number of fused-ring (bicyclic) bond motifs is 2. The molecule has 0 aliphatic rings. The van der Waals surface area contributed by atoms with Crippen molar-refractivity contribution in [1.29, 1.82) is 0 Å². The smallest absolute Gasteiger partial charge is 0.262 e. The Hall–Kier alpha value is -2.62. The summed E-state index contributed by atoms with van der Waals surface area (Å²) in [6, 6.07) is 5.33. The average Bonchev–Trinajstić information content (AvgIpc) is 3.18. The summed E-state index contributed by atoms with van der Waals surface area (Å²) in [7, 11) is 0. The number of aromatic nitrogens is 5. The van der Waals surface area contributed by atoms with Crippen molar-refractivity contribution in [3.8, 4) is 0 Å². The van der Waals surface area contributed by atoms with Crippen LogP contribution in [0.5, 0.6) is 0 Å². The van der Waals surface area contributed by atoms with E-state index in [0.29, 0.717) is 46.8 Å². The van der Waals surface area contributed by atoms with E-state index in [0.717, 1.165) is 17.1 Å². The minimum Gasteiger partial charge on any atom is -0.382 e. The molecule has 0 saturated carbocycles. The standard InChI is InChI=1S/C13H16ClN3O.C5H4N4S/c1-2-11-16-10-6-3-5-9(14)12(10)13(18)17(11)8-4-7-15;6-4-3-5(8-1-7-4)10-2-9-3/h3,5-6H,2,4,7-8,15H2,1H3;1-2H,(H2,6,7,8). The molecule has 1 aromatic carbocycles. The van der Waals surface area contributed by atoms with E-state index in [1.807, 2.05) is 13.0 Å². The number of thiazole rings is 1. The van der Waals surface area contributed by atoms with Crippen LogP contribution in [0.1, 0.15) is 19.2 Å². The van der Waals surface area contributed by atoms with Crippen LogP contribution in [-0.2, 0) is 13.0 Å². The van der Waals surface area contributed by atoms with E-state index in [2.05, 4.69) is 19.9 Å². The van der Waals surface area contributed by atoms with Crippen molar-refractivity contribution in [2.24, 2.45) is 5.73 Å². The molecule has 0 saturated heterocycles.